The third-order valence-corrected chi connectivity index (χ3v) is 1.55. The van der Waals surface area contributed by atoms with Gasteiger partial charge in [0, 0.05) is 0 Å². The Labute approximate surface area is 72.4 Å². The minimum Gasteiger partial charge on any atom is -0.478 e. The number of methoxy groups -OCH3 is 1. The van der Waals surface area contributed by atoms with Crippen LogP contribution in [0.2, 0.25) is 0 Å². The number of fused-ring (bicyclic) bond motifs is 1. The van der Waals surface area contributed by atoms with Gasteiger partial charge in [-0.2, -0.15) is 15.4 Å². The molecule has 0 unspecified atom stereocenters. The van der Waals surface area contributed by atoms with Crippen molar-refractivity contribution < 1.29 is 4.74 Å². The normalized spacial score (nSPS) is 10.3. The van der Waals surface area contributed by atoms with Crippen LogP contribution in [0.15, 0.2) is 0 Å². The molecule has 2 heterocycles. The number of aromatic amines is 1. The molecule has 2 rings (SSSR count). The summed E-state index contributed by atoms with van der Waals surface area (Å²) in [5, 5.41) is 17.6. The number of H-pyrrole nitrogens is 1. The number of anilines is 1. The lowest BCUT2D eigenvalue weighted by atomic mass is 10.4. The Hall–Kier alpha value is -1.96. The molecule has 0 spiro atoms. The van der Waals surface area contributed by atoms with Crippen molar-refractivity contribution in [2.24, 2.45) is 5.84 Å². The summed E-state index contributed by atoms with van der Waals surface area (Å²) in [4.78, 5) is 0. The van der Waals surface area contributed by atoms with E-state index in [1.807, 2.05) is 0 Å². The molecule has 0 aliphatic carbocycles. The second kappa shape index (κ2) is 2.83. The zero-order valence-corrected chi connectivity index (χ0v) is 6.77. The Bertz CT molecular complexity index is 386. The first-order chi connectivity index (χ1) is 6.36. The van der Waals surface area contributed by atoms with Crippen LogP contribution >= 0.6 is 0 Å². The first-order valence-electron chi connectivity index (χ1n) is 3.44. The Kier molecular flexibility index (Phi) is 1.67. The molecule has 0 saturated heterocycles. The fourth-order valence-corrected chi connectivity index (χ4v) is 0.970. The van der Waals surface area contributed by atoms with Crippen molar-refractivity contribution in [1.29, 1.82) is 0 Å². The number of hydrogen-bond acceptors (Lipinski definition) is 7. The highest BCUT2D eigenvalue weighted by Gasteiger charge is 2.12. The van der Waals surface area contributed by atoms with E-state index < -0.39 is 0 Å². The number of nitrogens with two attached hydrogens (primary N) is 1. The van der Waals surface area contributed by atoms with E-state index in [1.54, 1.807) is 0 Å². The van der Waals surface area contributed by atoms with Gasteiger partial charge in [-0.05, 0) is 0 Å². The quantitative estimate of drug-likeness (QED) is 0.403. The van der Waals surface area contributed by atoms with E-state index in [-0.39, 0.29) is 0 Å². The maximum atomic E-state index is 5.19. The minimum absolute atomic E-state index is 0.308. The zero-order chi connectivity index (χ0) is 9.26. The van der Waals surface area contributed by atoms with Gasteiger partial charge < -0.3 is 10.2 Å². The molecule has 0 aromatic carbocycles. The van der Waals surface area contributed by atoms with Gasteiger partial charge >= 0.3 is 0 Å². The summed E-state index contributed by atoms with van der Waals surface area (Å²) in [6.07, 6.45) is 0. The molecular formula is C5H7N7O. The van der Waals surface area contributed by atoms with Crippen LogP contribution in [0.3, 0.4) is 0 Å². The lowest BCUT2D eigenvalue weighted by Crippen LogP contribution is -2.10. The van der Waals surface area contributed by atoms with Crippen LogP contribution in [-0.2, 0) is 0 Å². The van der Waals surface area contributed by atoms with Crippen LogP contribution in [0.5, 0.6) is 5.88 Å². The highest BCUT2D eigenvalue weighted by Crippen LogP contribution is 2.21. The van der Waals surface area contributed by atoms with Crippen LogP contribution in [-0.4, -0.2) is 32.7 Å². The summed E-state index contributed by atoms with van der Waals surface area (Å²) < 4.78 is 4.92. The van der Waals surface area contributed by atoms with Crippen molar-refractivity contribution >= 4 is 16.9 Å². The number of nitrogens with one attached hydrogen (secondary N) is 2. The molecule has 0 aliphatic rings. The number of hydrazine groups is 1. The van der Waals surface area contributed by atoms with Crippen molar-refractivity contribution in [3.8, 4) is 5.88 Å². The van der Waals surface area contributed by atoms with E-state index in [0.717, 1.165) is 0 Å². The molecule has 4 N–H and O–H groups in total. The standard InChI is InChI=1S/C5H7N7O/c1-13-5-3-2(8-12-9-3)4(7-6)10-11-5/h6H2,1H3,(H,7,10)(H,8,9,12). The minimum atomic E-state index is 0.308. The number of nitrogen functional groups attached to an aromatic ring is 1. The molecule has 0 atom stereocenters. The van der Waals surface area contributed by atoms with E-state index in [4.69, 9.17) is 10.6 Å². The Morgan fingerprint density at radius 2 is 2.08 bits per heavy atom. The van der Waals surface area contributed by atoms with Gasteiger partial charge in [0.25, 0.3) is 5.88 Å². The summed E-state index contributed by atoms with van der Waals surface area (Å²) in [5.41, 5.74) is 3.34. The number of rotatable bonds is 2. The van der Waals surface area contributed by atoms with Gasteiger partial charge in [-0.1, -0.05) is 0 Å². The van der Waals surface area contributed by atoms with Gasteiger partial charge in [-0.3, -0.25) is 0 Å². The highest BCUT2D eigenvalue weighted by molar-refractivity contribution is 5.87. The fraction of sp³-hybridized carbons (Fsp3) is 0.200. The van der Waals surface area contributed by atoms with Crippen molar-refractivity contribution in [2.45, 2.75) is 0 Å². The molecular weight excluding hydrogens is 174 g/mol. The molecule has 13 heavy (non-hydrogen) atoms. The van der Waals surface area contributed by atoms with Crippen LogP contribution < -0.4 is 16.0 Å². The molecule has 0 fully saturated rings. The summed E-state index contributed by atoms with van der Waals surface area (Å²) >= 11 is 0. The zero-order valence-electron chi connectivity index (χ0n) is 6.77. The molecule has 2 aromatic heterocycles. The molecule has 0 saturated carbocycles. The van der Waals surface area contributed by atoms with E-state index >= 15 is 0 Å². The van der Waals surface area contributed by atoms with Crippen molar-refractivity contribution in [3.63, 3.8) is 0 Å². The highest BCUT2D eigenvalue weighted by atomic mass is 16.5. The van der Waals surface area contributed by atoms with Crippen molar-refractivity contribution in [1.82, 2.24) is 25.6 Å². The molecule has 8 heteroatoms. The van der Waals surface area contributed by atoms with Gasteiger partial charge in [0.1, 0.15) is 0 Å². The number of ether oxygens (including phenoxy) is 1. The van der Waals surface area contributed by atoms with Gasteiger partial charge in [-0.25, -0.2) is 5.84 Å². The smallest absolute Gasteiger partial charge is 0.263 e. The monoisotopic (exact) mass is 181 g/mol. The van der Waals surface area contributed by atoms with E-state index in [0.29, 0.717) is 22.7 Å². The van der Waals surface area contributed by atoms with E-state index in [9.17, 15) is 0 Å². The average molecular weight is 181 g/mol. The van der Waals surface area contributed by atoms with E-state index in [1.165, 1.54) is 7.11 Å². The van der Waals surface area contributed by atoms with Gasteiger partial charge in [-0.15, -0.1) is 10.2 Å². The number of aromatic nitrogens is 5. The van der Waals surface area contributed by atoms with Crippen molar-refractivity contribution in [3.05, 3.63) is 0 Å². The summed E-state index contributed by atoms with van der Waals surface area (Å²) in [6.45, 7) is 0. The largest absolute Gasteiger partial charge is 0.478 e. The Morgan fingerprint density at radius 1 is 1.31 bits per heavy atom. The third-order valence-electron chi connectivity index (χ3n) is 1.55. The second-order valence-corrected chi connectivity index (χ2v) is 2.22. The van der Waals surface area contributed by atoms with Crippen LogP contribution in [0.4, 0.5) is 5.82 Å². The Balaban J connectivity index is 2.74. The predicted octanol–water partition coefficient (Wildman–Crippen LogP) is -0.958. The van der Waals surface area contributed by atoms with Crippen LogP contribution in [0.25, 0.3) is 11.0 Å². The second-order valence-electron chi connectivity index (χ2n) is 2.22. The van der Waals surface area contributed by atoms with Crippen LogP contribution in [0.1, 0.15) is 0 Å². The fourth-order valence-electron chi connectivity index (χ4n) is 0.970. The predicted molar refractivity (Wildman–Crippen MR) is 43.8 cm³/mol. The SMILES string of the molecule is COc1nnc(NN)c2n[nH]nc12. The topological polar surface area (TPSA) is 115 Å². The van der Waals surface area contributed by atoms with Crippen LogP contribution in [0, 0.1) is 0 Å². The van der Waals surface area contributed by atoms with Gasteiger partial charge in [0.2, 0.25) is 0 Å². The lowest BCUT2D eigenvalue weighted by Gasteiger charge is -2.00. The first-order valence-corrected chi connectivity index (χ1v) is 3.44. The average Bonchev–Trinajstić information content (AvgIpc) is 2.64. The van der Waals surface area contributed by atoms with Gasteiger partial charge in [0.05, 0.1) is 7.11 Å². The van der Waals surface area contributed by atoms with Crippen molar-refractivity contribution in [2.75, 3.05) is 12.5 Å². The molecule has 8 nitrogen and oxygen atoms in total. The summed E-state index contributed by atoms with van der Waals surface area (Å²) in [7, 11) is 1.48. The first kappa shape index (κ1) is 7.68. The lowest BCUT2D eigenvalue weighted by molar-refractivity contribution is 0.397. The molecule has 0 amide bonds. The third kappa shape index (κ3) is 1.04. The number of hydrogen-bond donors (Lipinski definition) is 3. The summed E-state index contributed by atoms with van der Waals surface area (Å²) in [5.74, 6) is 5.85. The molecule has 2 aromatic rings. The van der Waals surface area contributed by atoms with E-state index in [2.05, 4.69) is 31.0 Å². The molecule has 0 radical (unpaired) electrons. The summed E-state index contributed by atoms with van der Waals surface area (Å²) in [6, 6.07) is 0. The maximum absolute atomic E-state index is 5.19. The molecule has 0 aliphatic heterocycles. The molecule has 0 bridgehead atoms. The van der Waals surface area contributed by atoms with Gasteiger partial charge in [0.15, 0.2) is 16.9 Å². The molecule has 68 valence electrons. The Morgan fingerprint density at radius 3 is 2.77 bits per heavy atom. The number of nitrogens with zero attached hydrogens (tertiary/aromatic N) is 4. The maximum Gasteiger partial charge on any atom is 0.263 e.